The Kier molecular flexibility index (Phi) is 8.10. The third kappa shape index (κ3) is 6.27. The van der Waals surface area contributed by atoms with E-state index in [1.54, 1.807) is 19.1 Å². The third-order valence-electron chi connectivity index (χ3n) is 2.94. The van der Waals surface area contributed by atoms with Crippen LogP contribution in [0, 0.1) is 0 Å². The van der Waals surface area contributed by atoms with Crippen molar-refractivity contribution in [3.05, 3.63) is 65.7 Å². The maximum Gasteiger partial charge on any atom is 0.338 e. The molecular formula is C17H20IN3O2. The number of benzene rings is 2. The minimum absolute atomic E-state index is 0. The first-order valence-corrected chi connectivity index (χ1v) is 7.07. The van der Waals surface area contributed by atoms with Crippen LogP contribution in [0.15, 0.2) is 59.6 Å². The standard InChI is InChI=1S/C17H19N3O2.HI/c1-2-22-16(21)14-10-8-13(9-11-14)12-19-17(18)20-15-6-4-3-5-7-15;/h3-11H,2,12H2,1H3,(H3,18,19,20);1H. The summed E-state index contributed by atoms with van der Waals surface area (Å²) in [6.07, 6.45) is 0. The van der Waals surface area contributed by atoms with Crippen LogP contribution in [0.25, 0.3) is 0 Å². The summed E-state index contributed by atoms with van der Waals surface area (Å²) in [4.78, 5) is 15.8. The Bertz CT molecular complexity index is 643. The zero-order valence-electron chi connectivity index (χ0n) is 12.9. The van der Waals surface area contributed by atoms with Gasteiger partial charge in [0, 0.05) is 5.69 Å². The highest BCUT2D eigenvalue weighted by molar-refractivity contribution is 14.0. The van der Waals surface area contributed by atoms with Gasteiger partial charge in [0.2, 0.25) is 0 Å². The van der Waals surface area contributed by atoms with Crippen LogP contribution < -0.4 is 11.1 Å². The second-order valence-electron chi connectivity index (χ2n) is 4.61. The van der Waals surface area contributed by atoms with E-state index in [-0.39, 0.29) is 29.9 Å². The summed E-state index contributed by atoms with van der Waals surface area (Å²) >= 11 is 0. The minimum Gasteiger partial charge on any atom is -0.462 e. The molecule has 2 rings (SSSR count). The molecule has 2 aromatic rings. The van der Waals surface area contributed by atoms with E-state index < -0.39 is 0 Å². The number of aliphatic imine (C=N–C) groups is 1. The molecule has 2 aromatic carbocycles. The summed E-state index contributed by atoms with van der Waals surface area (Å²) in [6.45, 7) is 2.59. The number of hydrogen-bond acceptors (Lipinski definition) is 3. The zero-order valence-corrected chi connectivity index (χ0v) is 15.2. The molecule has 0 fully saturated rings. The van der Waals surface area contributed by atoms with Crippen molar-refractivity contribution in [2.75, 3.05) is 11.9 Å². The molecule has 0 spiro atoms. The molecule has 0 radical (unpaired) electrons. The van der Waals surface area contributed by atoms with Gasteiger partial charge in [-0.15, -0.1) is 24.0 Å². The van der Waals surface area contributed by atoms with Gasteiger partial charge in [-0.1, -0.05) is 30.3 Å². The molecule has 0 saturated carbocycles. The van der Waals surface area contributed by atoms with Gasteiger partial charge in [-0.05, 0) is 36.8 Å². The Hall–Kier alpha value is -2.09. The molecule has 3 N–H and O–H groups in total. The van der Waals surface area contributed by atoms with Crippen molar-refractivity contribution < 1.29 is 9.53 Å². The number of halogens is 1. The van der Waals surface area contributed by atoms with Gasteiger partial charge in [0.05, 0.1) is 18.7 Å². The molecule has 122 valence electrons. The summed E-state index contributed by atoms with van der Waals surface area (Å²) < 4.78 is 4.94. The monoisotopic (exact) mass is 425 g/mol. The fraction of sp³-hybridized carbons (Fsp3) is 0.176. The molecule has 6 heteroatoms. The van der Waals surface area contributed by atoms with E-state index >= 15 is 0 Å². The van der Waals surface area contributed by atoms with Gasteiger partial charge in [0.1, 0.15) is 0 Å². The molecule has 0 unspecified atom stereocenters. The minimum atomic E-state index is -0.317. The molecule has 0 amide bonds. The summed E-state index contributed by atoms with van der Waals surface area (Å²) in [5.74, 6) is 0.0310. The molecule has 0 aliphatic carbocycles. The molecule has 0 bridgehead atoms. The Balaban J connectivity index is 0.00000264. The number of guanidine groups is 1. The molecule has 0 aliphatic rings. The molecule has 5 nitrogen and oxygen atoms in total. The predicted molar refractivity (Wildman–Crippen MR) is 103 cm³/mol. The van der Waals surface area contributed by atoms with Crippen LogP contribution in [0.5, 0.6) is 0 Å². The fourth-order valence-electron chi connectivity index (χ4n) is 1.85. The first-order valence-electron chi connectivity index (χ1n) is 7.07. The number of nitrogens with one attached hydrogen (secondary N) is 1. The number of ether oxygens (including phenoxy) is 1. The summed E-state index contributed by atoms with van der Waals surface area (Å²) in [5.41, 5.74) is 8.22. The Morgan fingerprint density at radius 2 is 1.78 bits per heavy atom. The van der Waals surface area contributed by atoms with Gasteiger partial charge in [0.25, 0.3) is 0 Å². The van der Waals surface area contributed by atoms with E-state index in [0.717, 1.165) is 11.3 Å². The summed E-state index contributed by atoms with van der Waals surface area (Å²) in [5, 5.41) is 3.01. The number of esters is 1. The highest BCUT2D eigenvalue weighted by atomic mass is 127. The van der Waals surface area contributed by atoms with Gasteiger partial charge in [-0.25, -0.2) is 9.79 Å². The lowest BCUT2D eigenvalue weighted by Gasteiger charge is -2.06. The van der Waals surface area contributed by atoms with Crippen LogP contribution in [0.4, 0.5) is 5.69 Å². The SMILES string of the molecule is CCOC(=O)c1ccc(CN=C(N)Nc2ccccc2)cc1.I. The van der Waals surface area contributed by atoms with E-state index in [2.05, 4.69) is 10.3 Å². The maximum atomic E-state index is 11.5. The molecule has 0 saturated heterocycles. The largest absolute Gasteiger partial charge is 0.462 e. The first kappa shape index (κ1) is 19.0. The van der Waals surface area contributed by atoms with Gasteiger partial charge in [-0.3, -0.25) is 0 Å². The van der Waals surface area contributed by atoms with Crippen molar-refractivity contribution in [2.45, 2.75) is 13.5 Å². The summed E-state index contributed by atoms with van der Waals surface area (Å²) in [7, 11) is 0. The highest BCUT2D eigenvalue weighted by Crippen LogP contribution is 2.08. The molecule has 23 heavy (non-hydrogen) atoms. The molecule has 0 aromatic heterocycles. The topological polar surface area (TPSA) is 76.7 Å². The van der Waals surface area contributed by atoms with Crippen molar-refractivity contribution in [1.29, 1.82) is 0 Å². The van der Waals surface area contributed by atoms with Crippen LogP contribution in [0.1, 0.15) is 22.8 Å². The Morgan fingerprint density at radius 1 is 1.13 bits per heavy atom. The van der Waals surface area contributed by atoms with Crippen LogP contribution in [-0.2, 0) is 11.3 Å². The van der Waals surface area contributed by atoms with Crippen LogP contribution in [0.3, 0.4) is 0 Å². The smallest absolute Gasteiger partial charge is 0.338 e. The number of para-hydroxylation sites is 1. The third-order valence-corrected chi connectivity index (χ3v) is 2.94. The highest BCUT2D eigenvalue weighted by Gasteiger charge is 2.05. The Morgan fingerprint density at radius 3 is 2.39 bits per heavy atom. The maximum absolute atomic E-state index is 11.5. The van der Waals surface area contributed by atoms with Crippen molar-refractivity contribution >= 4 is 41.6 Å². The van der Waals surface area contributed by atoms with Gasteiger partial charge in [0.15, 0.2) is 5.96 Å². The molecule has 0 aliphatic heterocycles. The van der Waals surface area contributed by atoms with Gasteiger partial charge >= 0.3 is 5.97 Å². The zero-order chi connectivity index (χ0) is 15.8. The number of anilines is 1. The second-order valence-corrected chi connectivity index (χ2v) is 4.61. The van der Waals surface area contributed by atoms with E-state index in [9.17, 15) is 4.79 Å². The molecular weight excluding hydrogens is 405 g/mol. The number of hydrogen-bond donors (Lipinski definition) is 2. The average molecular weight is 425 g/mol. The van der Waals surface area contributed by atoms with Crippen molar-refractivity contribution in [1.82, 2.24) is 0 Å². The number of nitrogens with two attached hydrogens (primary N) is 1. The predicted octanol–water partition coefficient (Wildman–Crippen LogP) is 3.41. The summed E-state index contributed by atoms with van der Waals surface area (Å²) in [6, 6.07) is 16.7. The van der Waals surface area contributed by atoms with Crippen molar-refractivity contribution in [3.8, 4) is 0 Å². The quantitative estimate of drug-likeness (QED) is 0.333. The molecule has 0 heterocycles. The van der Waals surface area contributed by atoms with Crippen LogP contribution in [0.2, 0.25) is 0 Å². The fourth-order valence-corrected chi connectivity index (χ4v) is 1.85. The van der Waals surface area contributed by atoms with Gasteiger partial charge in [-0.2, -0.15) is 0 Å². The lowest BCUT2D eigenvalue weighted by atomic mass is 10.1. The number of nitrogens with zero attached hydrogens (tertiary/aromatic N) is 1. The first-order chi connectivity index (χ1) is 10.7. The number of rotatable bonds is 5. The second kappa shape index (κ2) is 9.83. The normalized spacial score (nSPS) is 10.6. The van der Waals surface area contributed by atoms with E-state index in [1.807, 2.05) is 42.5 Å². The van der Waals surface area contributed by atoms with E-state index in [1.165, 1.54) is 0 Å². The lowest BCUT2D eigenvalue weighted by Crippen LogP contribution is -2.22. The van der Waals surface area contributed by atoms with Crippen molar-refractivity contribution in [2.24, 2.45) is 10.7 Å². The lowest BCUT2D eigenvalue weighted by molar-refractivity contribution is 0.0526. The van der Waals surface area contributed by atoms with Gasteiger partial charge < -0.3 is 15.8 Å². The van der Waals surface area contributed by atoms with Crippen LogP contribution in [-0.4, -0.2) is 18.5 Å². The molecule has 0 atom stereocenters. The number of carbonyl (C=O) groups excluding carboxylic acids is 1. The van der Waals surface area contributed by atoms with Crippen LogP contribution >= 0.6 is 24.0 Å². The Labute approximate surface area is 153 Å². The van der Waals surface area contributed by atoms with Crippen molar-refractivity contribution in [3.63, 3.8) is 0 Å². The number of carbonyl (C=O) groups is 1. The average Bonchev–Trinajstić information content (AvgIpc) is 2.54. The van der Waals surface area contributed by atoms with E-state index in [4.69, 9.17) is 10.5 Å². The van der Waals surface area contributed by atoms with E-state index in [0.29, 0.717) is 24.7 Å².